The third-order valence-corrected chi connectivity index (χ3v) is 6.58. The number of nitrogens with zero attached hydrogens (tertiary/aromatic N) is 2. The van der Waals surface area contributed by atoms with Gasteiger partial charge in [-0.2, -0.15) is 8.78 Å². The monoisotopic (exact) mass is 466 g/mol. The first-order chi connectivity index (χ1) is 15.3. The number of nitro benzene ring substituents is 1. The molecular formula is C20H16F2N2O7S. The van der Waals surface area contributed by atoms with Crippen LogP contribution in [0.3, 0.4) is 0 Å². The molecule has 2 aliphatic rings. The molecule has 1 amide bonds. The molecule has 0 spiro atoms. The van der Waals surface area contributed by atoms with E-state index in [1.807, 2.05) is 0 Å². The van der Waals surface area contributed by atoms with Crippen LogP contribution in [-0.2, 0) is 20.9 Å². The first-order valence-corrected chi connectivity index (χ1v) is 10.2. The van der Waals surface area contributed by atoms with Crippen LogP contribution < -0.4 is 14.4 Å². The lowest BCUT2D eigenvalue weighted by Crippen LogP contribution is -2.47. The molecule has 0 bridgehead atoms. The Morgan fingerprint density at radius 2 is 2.06 bits per heavy atom. The number of carbonyl (C=O) groups is 2. The normalized spacial score (nSPS) is 19.0. The van der Waals surface area contributed by atoms with Crippen molar-refractivity contribution in [3.8, 4) is 11.5 Å². The van der Waals surface area contributed by atoms with Crippen LogP contribution in [0.1, 0.15) is 18.4 Å². The summed E-state index contributed by atoms with van der Waals surface area (Å²) in [4.78, 5) is 37.1. The third-order valence-electron chi connectivity index (χ3n) is 5.13. The maximum Gasteiger partial charge on any atom is 0.387 e. The zero-order valence-corrected chi connectivity index (χ0v) is 17.4. The minimum Gasteiger partial charge on any atom is -0.493 e. The molecule has 1 fully saturated rings. The van der Waals surface area contributed by atoms with Gasteiger partial charge in [-0.3, -0.25) is 19.8 Å². The summed E-state index contributed by atoms with van der Waals surface area (Å²) in [5.74, 6) is -1.65. The number of hydrogen-bond donors (Lipinski definition) is 0. The molecule has 0 saturated carbocycles. The van der Waals surface area contributed by atoms with Crippen molar-refractivity contribution in [2.45, 2.75) is 35.8 Å². The summed E-state index contributed by atoms with van der Waals surface area (Å²) >= 11 is 1.20. The largest absolute Gasteiger partial charge is 0.493 e. The molecule has 2 aliphatic heterocycles. The van der Waals surface area contributed by atoms with Gasteiger partial charge in [0.25, 0.3) is 5.69 Å². The molecule has 32 heavy (non-hydrogen) atoms. The predicted octanol–water partition coefficient (Wildman–Crippen LogP) is 3.88. The number of amides is 1. The van der Waals surface area contributed by atoms with Crippen molar-refractivity contribution < 1.29 is 37.5 Å². The van der Waals surface area contributed by atoms with Crippen LogP contribution in [0.5, 0.6) is 11.5 Å². The maximum absolute atomic E-state index is 13.1. The molecule has 1 unspecified atom stereocenters. The number of nitro groups is 1. The first kappa shape index (κ1) is 21.8. The van der Waals surface area contributed by atoms with Crippen LogP contribution in [-0.4, -0.2) is 35.4 Å². The van der Waals surface area contributed by atoms with Crippen molar-refractivity contribution in [1.82, 2.24) is 0 Å². The van der Waals surface area contributed by atoms with Gasteiger partial charge in [0.1, 0.15) is 6.61 Å². The molecule has 1 saturated heterocycles. The number of methoxy groups -OCH3 is 1. The lowest BCUT2D eigenvalue weighted by Gasteiger charge is -2.28. The Balaban J connectivity index is 1.60. The predicted molar refractivity (Wildman–Crippen MR) is 108 cm³/mol. The number of para-hydroxylation sites is 1. The fraction of sp³-hybridized carbons (Fsp3) is 0.300. The maximum atomic E-state index is 13.1. The van der Waals surface area contributed by atoms with Gasteiger partial charge >= 0.3 is 12.6 Å². The zero-order valence-electron chi connectivity index (χ0n) is 16.6. The highest BCUT2D eigenvalue weighted by atomic mass is 32.2. The number of rotatable bonds is 7. The third kappa shape index (κ3) is 3.60. The second-order valence-electron chi connectivity index (χ2n) is 6.93. The van der Waals surface area contributed by atoms with E-state index in [1.54, 1.807) is 24.3 Å². The van der Waals surface area contributed by atoms with E-state index in [1.165, 1.54) is 23.8 Å². The Morgan fingerprint density at radius 3 is 2.75 bits per heavy atom. The summed E-state index contributed by atoms with van der Waals surface area (Å²) in [6.07, 6.45) is 0.376. The number of halogens is 2. The SMILES string of the molecule is COc1cc(COC(=O)C23CCC(=O)N2c2ccccc2S3)c([N+](=O)[O-])cc1OC(F)F. The Kier molecular flexibility index (Phi) is 5.63. The Hall–Kier alpha value is -3.41. The van der Waals surface area contributed by atoms with Crippen LogP contribution in [0.25, 0.3) is 0 Å². The molecule has 0 aromatic heterocycles. The van der Waals surface area contributed by atoms with E-state index in [2.05, 4.69) is 4.74 Å². The lowest BCUT2D eigenvalue weighted by molar-refractivity contribution is -0.386. The van der Waals surface area contributed by atoms with Gasteiger partial charge in [0, 0.05) is 17.7 Å². The molecule has 2 aromatic carbocycles. The second-order valence-corrected chi connectivity index (χ2v) is 8.25. The molecular weight excluding hydrogens is 450 g/mol. The number of benzene rings is 2. The van der Waals surface area contributed by atoms with E-state index in [-0.39, 0.29) is 30.1 Å². The Labute approximate surface area is 184 Å². The van der Waals surface area contributed by atoms with Crippen LogP contribution >= 0.6 is 11.8 Å². The molecule has 168 valence electrons. The summed E-state index contributed by atoms with van der Waals surface area (Å²) in [5, 5.41) is 11.5. The van der Waals surface area contributed by atoms with Gasteiger partial charge in [-0.25, -0.2) is 4.79 Å². The van der Waals surface area contributed by atoms with E-state index in [0.717, 1.165) is 17.0 Å². The van der Waals surface area contributed by atoms with Gasteiger partial charge in [0.05, 0.1) is 29.4 Å². The summed E-state index contributed by atoms with van der Waals surface area (Å²) in [7, 11) is 1.18. The molecule has 9 nitrogen and oxygen atoms in total. The van der Waals surface area contributed by atoms with Gasteiger partial charge in [-0.1, -0.05) is 23.9 Å². The number of anilines is 1. The first-order valence-electron chi connectivity index (χ1n) is 9.35. The number of alkyl halides is 2. The number of ether oxygens (including phenoxy) is 3. The van der Waals surface area contributed by atoms with Gasteiger partial charge < -0.3 is 14.2 Å². The Morgan fingerprint density at radius 1 is 1.31 bits per heavy atom. The second kappa shape index (κ2) is 8.26. The summed E-state index contributed by atoms with van der Waals surface area (Å²) in [6, 6.07) is 8.96. The van der Waals surface area contributed by atoms with Gasteiger partial charge in [-0.15, -0.1) is 0 Å². The fourth-order valence-corrected chi connectivity index (χ4v) is 5.16. The average molecular weight is 466 g/mol. The highest BCUT2D eigenvalue weighted by molar-refractivity contribution is 8.02. The number of carbonyl (C=O) groups excluding carboxylic acids is 2. The van der Waals surface area contributed by atoms with Crippen molar-refractivity contribution in [3.05, 3.63) is 52.1 Å². The summed E-state index contributed by atoms with van der Waals surface area (Å²) in [5.41, 5.74) is -0.0406. The van der Waals surface area contributed by atoms with Crippen molar-refractivity contribution in [2.75, 3.05) is 12.0 Å². The zero-order chi connectivity index (χ0) is 23.0. The standard InChI is InChI=1S/C20H16F2N2O7S/c1-29-14-8-11(13(24(27)28)9-15(14)31-19(21)22)10-30-18(26)20-7-6-17(25)23(20)12-4-2-3-5-16(12)32-20/h2-5,8-9,19H,6-7,10H2,1H3. The topological polar surface area (TPSA) is 108 Å². The van der Waals surface area contributed by atoms with E-state index < -0.39 is 40.4 Å². The van der Waals surface area contributed by atoms with E-state index in [4.69, 9.17) is 9.47 Å². The van der Waals surface area contributed by atoms with Crippen molar-refractivity contribution in [3.63, 3.8) is 0 Å². The molecule has 0 aliphatic carbocycles. The minimum atomic E-state index is -3.21. The highest BCUT2D eigenvalue weighted by Gasteiger charge is 2.58. The summed E-state index contributed by atoms with van der Waals surface area (Å²) in [6.45, 7) is -3.74. The van der Waals surface area contributed by atoms with Gasteiger partial charge in [-0.05, 0) is 18.2 Å². The number of thioether (sulfide) groups is 1. The van der Waals surface area contributed by atoms with Crippen molar-refractivity contribution in [2.24, 2.45) is 0 Å². The molecule has 4 rings (SSSR count). The lowest BCUT2D eigenvalue weighted by atomic mass is 10.1. The molecule has 1 atom stereocenters. The fourth-order valence-electron chi connectivity index (χ4n) is 3.75. The molecule has 0 radical (unpaired) electrons. The van der Waals surface area contributed by atoms with Crippen LogP contribution in [0, 0.1) is 10.1 Å². The number of fused-ring (bicyclic) bond motifs is 3. The summed E-state index contributed by atoms with van der Waals surface area (Å²) < 4.78 is 39.9. The van der Waals surface area contributed by atoms with Crippen molar-refractivity contribution in [1.29, 1.82) is 0 Å². The molecule has 2 heterocycles. The van der Waals surface area contributed by atoms with Gasteiger partial charge in [0.2, 0.25) is 5.91 Å². The number of esters is 1. The van der Waals surface area contributed by atoms with Crippen LogP contribution in [0.4, 0.5) is 20.2 Å². The van der Waals surface area contributed by atoms with Crippen LogP contribution in [0.15, 0.2) is 41.3 Å². The quantitative estimate of drug-likeness (QED) is 0.344. The minimum absolute atomic E-state index is 0.0744. The number of hydrogen-bond acceptors (Lipinski definition) is 8. The average Bonchev–Trinajstić information content (AvgIpc) is 3.27. The smallest absolute Gasteiger partial charge is 0.387 e. The van der Waals surface area contributed by atoms with E-state index in [0.29, 0.717) is 5.69 Å². The molecule has 2 aromatic rings. The van der Waals surface area contributed by atoms with Crippen LogP contribution in [0.2, 0.25) is 0 Å². The van der Waals surface area contributed by atoms with Crippen molar-refractivity contribution >= 4 is 35.0 Å². The molecule has 12 heteroatoms. The highest BCUT2D eigenvalue weighted by Crippen LogP contribution is 2.56. The van der Waals surface area contributed by atoms with E-state index >= 15 is 0 Å². The molecule has 0 N–H and O–H groups in total. The van der Waals surface area contributed by atoms with Gasteiger partial charge in [0.15, 0.2) is 16.4 Å². The van der Waals surface area contributed by atoms with E-state index in [9.17, 15) is 28.5 Å². The Bertz CT molecular complexity index is 1110.